The molecule has 7 atom stereocenters. The van der Waals surface area contributed by atoms with Gasteiger partial charge in [0.25, 0.3) is 0 Å². The van der Waals surface area contributed by atoms with E-state index in [1.807, 2.05) is 0 Å². The molecule has 0 radical (unpaired) electrons. The molecular weight excluding hydrogens is 288 g/mol. The molecule has 4 fully saturated rings. The number of hydrogen-bond donors (Lipinski definition) is 0. The standard InChI is InChI=1S/C20H28O3/c1-19-7-5-13(22)10-17(19)12(11-21)9-14-15-3-4-18(23)20(15,2)8-6-16(14)19/h11-12,14-17H,3-10H2,1-2H3/t12-,14+,15+,16+,17?,19-,20+/m1/s1. The molecule has 0 spiro atoms. The first-order valence-electron chi connectivity index (χ1n) is 9.40. The van der Waals surface area contributed by atoms with Crippen LogP contribution in [0.5, 0.6) is 0 Å². The first-order valence-corrected chi connectivity index (χ1v) is 9.40. The Bertz CT molecular complexity index is 567. The van der Waals surface area contributed by atoms with Gasteiger partial charge in [-0.25, -0.2) is 0 Å². The highest BCUT2D eigenvalue weighted by Crippen LogP contribution is 2.66. The zero-order valence-electron chi connectivity index (χ0n) is 14.3. The molecule has 0 aliphatic heterocycles. The van der Waals surface area contributed by atoms with Gasteiger partial charge in [0.15, 0.2) is 0 Å². The van der Waals surface area contributed by atoms with Gasteiger partial charge >= 0.3 is 0 Å². The fourth-order valence-corrected chi connectivity index (χ4v) is 7.11. The summed E-state index contributed by atoms with van der Waals surface area (Å²) >= 11 is 0. The molecule has 3 nitrogen and oxygen atoms in total. The van der Waals surface area contributed by atoms with Crippen LogP contribution in [0.25, 0.3) is 0 Å². The molecule has 0 aromatic rings. The Balaban J connectivity index is 1.72. The van der Waals surface area contributed by atoms with Crippen molar-refractivity contribution >= 4 is 17.9 Å². The van der Waals surface area contributed by atoms with Gasteiger partial charge in [-0.15, -0.1) is 0 Å². The Morgan fingerprint density at radius 1 is 1.00 bits per heavy atom. The lowest BCUT2D eigenvalue weighted by molar-refractivity contribution is -0.155. The predicted octanol–water partition coefficient (Wildman–Crippen LogP) is 3.59. The fourth-order valence-electron chi connectivity index (χ4n) is 7.11. The van der Waals surface area contributed by atoms with Gasteiger partial charge in [0.1, 0.15) is 17.9 Å². The molecule has 0 aromatic carbocycles. The van der Waals surface area contributed by atoms with Crippen LogP contribution in [0.15, 0.2) is 0 Å². The van der Waals surface area contributed by atoms with Gasteiger partial charge in [0.2, 0.25) is 0 Å². The average Bonchev–Trinajstić information content (AvgIpc) is 2.83. The SMILES string of the molecule is C[C@]12CCC(=O)CC1[C@@H](C=O)C[C@@H]1[C@@H]2CC[C@]2(C)C(=O)CC[C@@H]12. The van der Waals surface area contributed by atoms with E-state index in [0.29, 0.717) is 42.2 Å². The molecule has 0 amide bonds. The van der Waals surface area contributed by atoms with Crippen molar-refractivity contribution in [1.29, 1.82) is 0 Å². The van der Waals surface area contributed by atoms with Crippen LogP contribution >= 0.6 is 0 Å². The van der Waals surface area contributed by atoms with Crippen LogP contribution in [0.1, 0.15) is 65.2 Å². The quantitative estimate of drug-likeness (QED) is 0.695. The molecule has 0 heterocycles. The summed E-state index contributed by atoms with van der Waals surface area (Å²) in [7, 11) is 0. The van der Waals surface area contributed by atoms with Crippen molar-refractivity contribution in [1.82, 2.24) is 0 Å². The molecule has 4 aliphatic rings. The lowest BCUT2D eigenvalue weighted by atomic mass is 9.43. The summed E-state index contributed by atoms with van der Waals surface area (Å²) in [5, 5.41) is 0. The smallest absolute Gasteiger partial charge is 0.139 e. The number of ketones is 2. The molecule has 0 saturated heterocycles. The summed E-state index contributed by atoms with van der Waals surface area (Å²) in [6, 6.07) is 0. The molecular formula is C20H28O3. The molecule has 4 rings (SSSR count). The number of carbonyl (C=O) groups excluding carboxylic acids is 3. The molecule has 1 unspecified atom stereocenters. The third kappa shape index (κ3) is 1.97. The summed E-state index contributed by atoms with van der Waals surface area (Å²) in [6.07, 6.45) is 8.13. The zero-order valence-corrected chi connectivity index (χ0v) is 14.3. The molecule has 126 valence electrons. The maximum absolute atomic E-state index is 12.4. The van der Waals surface area contributed by atoms with E-state index in [9.17, 15) is 14.4 Å². The van der Waals surface area contributed by atoms with Crippen LogP contribution < -0.4 is 0 Å². The summed E-state index contributed by atoms with van der Waals surface area (Å²) < 4.78 is 0. The van der Waals surface area contributed by atoms with E-state index in [4.69, 9.17) is 0 Å². The van der Waals surface area contributed by atoms with Crippen LogP contribution in [0.3, 0.4) is 0 Å². The van der Waals surface area contributed by atoms with E-state index in [1.165, 1.54) is 0 Å². The minimum atomic E-state index is -0.137. The summed E-state index contributed by atoms with van der Waals surface area (Å²) in [6.45, 7) is 4.52. The number of Topliss-reactive ketones (excluding diaryl/α,β-unsaturated/α-hetero) is 2. The highest BCUT2D eigenvalue weighted by Gasteiger charge is 2.62. The largest absolute Gasteiger partial charge is 0.303 e. The molecule has 3 heteroatoms. The van der Waals surface area contributed by atoms with Gasteiger partial charge in [-0.3, -0.25) is 9.59 Å². The van der Waals surface area contributed by atoms with Crippen LogP contribution in [-0.2, 0) is 14.4 Å². The molecule has 23 heavy (non-hydrogen) atoms. The van der Waals surface area contributed by atoms with Gasteiger partial charge in [0, 0.05) is 30.6 Å². The van der Waals surface area contributed by atoms with Crippen molar-refractivity contribution in [3.63, 3.8) is 0 Å². The topological polar surface area (TPSA) is 51.2 Å². The summed E-state index contributed by atoms with van der Waals surface area (Å²) in [5.41, 5.74) is -0.0162. The zero-order chi connectivity index (χ0) is 16.4. The second kappa shape index (κ2) is 5.00. The van der Waals surface area contributed by atoms with E-state index >= 15 is 0 Å². The van der Waals surface area contributed by atoms with Crippen molar-refractivity contribution in [2.45, 2.75) is 65.2 Å². The summed E-state index contributed by atoms with van der Waals surface area (Å²) in [4.78, 5) is 36.2. The number of hydrogen-bond acceptors (Lipinski definition) is 3. The van der Waals surface area contributed by atoms with Crippen LogP contribution in [0.2, 0.25) is 0 Å². The highest BCUT2D eigenvalue weighted by molar-refractivity contribution is 5.87. The second-order valence-electron chi connectivity index (χ2n) is 9.19. The Morgan fingerprint density at radius 2 is 1.78 bits per heavy atom. The Morgan fingerprint density at radius 3 is 2.52 bits per heavy atom. The van der Waals surface area contributed by atoms with E-state index < -0.39 is 0 Å². The minimum absolute atomic E-state index is 0.0172. The Kier molecular flexibility index (Phi) is 3.38. The van der Waals surface area contributed by atoms with Gasteiger partial charge in [-0.05, 0) is 61.2 Å². The third-order valence-corrected chi connectivity index (χ3v) is 8.47. The third-order valence-electron chi connectivity index (χ3n) is 8.47. The van der Waals surface area contributed by atoms with Crippen molar-refractivity contribution in [3.05, 3.63) is 0 Å². The minimum Gasteiger partial charge on any atom is -0.303 e. The van der Waals surface area contributed by atoms with Crippen LogP contribution in [-0.4, -0.2) is 17.9 Å². The first-order chi connectivity index (χ1) is 10.9. The lowest BCUT2D eigenvalue weighted by Crippen LogP contribution is -2.56. The molecule has 4 aliphatic carbocycles. The average molecular weight is 316 g/mol. The maximum atomic E-state index is 12.4. The second-order valence-corrected chi connectivity index (χ2v) is 9.19. The van der Waals surface area contributed by atoms with Gasteiger partial charge in [0.05, 0.1) is 0 Å². The first kappa shape index (κ1) is 15.5. The number of fused-ring (bicyclic) bond motifs is 5. The van der Waals surface area contributed by atoms with E-state index in [0.717, 1.165) is 44.8 Å². The van der Waals surface area contributed by atoms with Gasteiger partial charge in [-0.1, -0.05) is 13.8 Å². The van der Waals surface area contributed by atoms with Crippen molar-refractivity contribution in [2.24, 2.45) is 40.4 Å². The number of carbonyl (C=O) groups is 3. The van der Waals surface area contributed by atoms with Crippen molar-refractivity contribution < 1.29 is 14.4 Å². The molecule has 4 saturated carbocycles. The van der Waals surface area contributed by atoms with Crippen LogP contribution in [0, 0.1) is 40.4 Å². The van der Waals surface area contributed by atoms with E-state index in [1.54, 1.807) is 0 Å². The molecule has 0 N–H and O–H groups in total. The monoisotopic (exact) mass is 316 g/mol. The maximum Gasteiger partial charge on any atom is 0.139 e. The van der Waals surface area contributed by atoms with Crippen LogP contribution in [0.4, 0.5) is 0 Å². The van der Waals surface area contributed by atoms with Gasteiger partial charge in [-0.2, -0.15) is 0 Å². The normalized spacial score (nSPS) is 52.5. The molecule has 0 aromatic heterocycles. The van der Waals surface area contributed by atoms with Gasteiger partial charge < -0.3 is 4.79 Å². The highest BCUT2D eigenvalue weighted by atomic mass is 16.1. The lowest BCUT2D eigenvalue weighted by Gasteiger charge is -2.60. The van der Waals surface area contributed by atoms with E-state index in [-0.39, 0.29) is 22.7 Å². The fraction of sp³-hybridized carbons (Fsp3) is 0.850. The molecule has 0 bridgehead atoms. The Hall–Kier alpha value is -0.990. The van der Waals surface area contributed by atoms with Crippen molar-refractivity contribution in [2.75, 3.05) is 0 Å². The number of aldehydes is 1. The predicted molar refractivity (Wildman–Crippen MR) is 86.7 cm³/mol. The van der Waals surface area contributed by atoms with E-state index in [2.05, 4.69) is 13.8 Å². The Labute approximate surface area is 138 Å². The number of rotatable bonds is 1. The summed E-state index contributed by atoms with van der Waals surface area (Å²) in [5.74, 6) is 2.62. The van der Waals surface area contributed by atoms with Crippen molar-refractivity contribution in [3.8, 4) is 0 Å².